The van der Waals surface area contributed by atoms with E-state index in [-0.39, 0.29) is 6.61 Å². The highest BCUT2D eigenvalue weighted by Crippen LogP contribution is 2.24. The van der Waals surface area contributed by atoms with Gasteiger partial charge in [-0.1, -0.05) is 12.2 Å². The van der Waals surface area contributed by atoms with Crippen LogP contribution < -0.4 is 0 Å². The van der Waals surface area contributed by atoms with Crippen LogP contribution in [0, 0.1) is 0 Å². The summed E-state index contributed by atoms with van der Waals surface area (Å²) in [5.41, 5.74) is 0.852. The first-order valence-corrected chi connectivity index (χ1v) is 3.87. The Morgan fingerprint density at radius 3 is 3.17 bits per heavy atom. The molecule has 0 spiro atoms. The molecule has 1 aliphatic carbocycles. The van der Waals surface area contributed by atoms with E-state index in [0.29, 0.717) is 6.79 Å². The molecule has 0 atom stereocenters. The molecule has 2 aliphatic rings. The van der Waals surface area contributed by atoms with E-state index in [1.807, 2.05) is 18.2 Å². The summed E-state index contributed by atoms with van der Waals surface area (Å²) in [6, 6.07) is 0. The minimum Gasteiger partial charge on any atom is -0.458 e. The van der Waals surface area contributed by atoms with Crippen molar-refractivity contribution in [1.82, 2.24) is 0 Å². The van der Waals surface area contributed by atoms with Crippen molar-refractivity contribution in [3.8, 4) is 0 Å². The maximum Gasteiger partial charge on any atom is 0.230 e. The number of hydrogen-bond donors (Lipinski definition) is 1. The Morgan fingerprint density at radius 1 is 1.42 bits per heavy atom. The first-order chi connectivity index (χ1) is 5.90. The summed E-state index contributed by atoms with van der Waals surface area (Å²) in [4.78, 5) is 0. The van der Waals surface area contributed by atoms with Crippen molar-refractivity contribution in [3.05, 3.63) is 35.3 Å². The van der Waals surface area contributed by atoms with Crippen LogP contribution in [-0.2, 0) is 9.47 Å². The van der Waals surface area contributed by atoms with Crippen molar-refractivity contribution < 1.29 is 14.6 Å². The standard InChI is InChI=1S/C9H10O3/c10-5-7-2-1-3-8-9(4-7)12-6-11-8/h1-2,4,10H,3,5-6H2. The fourth-order valence-electron chi connectivity index (χ4n) is 1.23. The quantitative estimate of drug-likeness (QED) is 0.633. The van der Waals surface area contributed by atoms with Crippen molar-refractivity contribution >= 4 is 0 Å². The Hall–Kier alpha value is -1.22. The lowest BCUT2D eigenvalue weighted by atomic mass is 10.2. The summed E-state index contributed by atoms with van der Waals surface area (Å²) in [5.74, 6) is 1.61. The van der Waals surface area contributed by atoms with Gasteiger partial charge in [0.25, 0.3) is 0 Å². The molecule has 3 nitrogen and oxygen atoms in total. The van der Waals surface area contributed by atoms with Crippen molar-refractivity contribution in [2.24, 2.45) is 0 Å². The number of aliphatic hydroxyl groups excluding tert-OH is 1. The maximum atomic E-state index is 8.90. The van der Waals surface area contributed by atoms with Crippen LogP contribution in [-0.4, -0.2) is 18.5 Å². The summed E-state index contributed by atoms with van der Waals surface area (Å²) >= 11 is 0. The van der Waals surface area contributed by atoms with Crippen LogP contribution in [0.4, 0.5) is 0 Å². The van der Waals surface area contributed by atoms with Crippen LogP contribution in [0.3, 0.4) is 0 Å². The second-order valence-electron chi connectivity index (χ2n) is 2.68. The smallest absolute Gasteiger partial charge is 0.230 e. The zero-order chi connectivity index (χ0) is 8.39. The van der Waals surface area contributed by atoms with E-state index in [9.17, 15) is 0 Å². The Balaban J connectivity index is 2.29. The third-order valence-corrected chi connectivity index (χ3v) is 1.86. The Kier molecular flexibility index (Phi) is 1.87. The molecule has 1 N–H and O–H groups in total. The van der Waals surface area contributed by atoms with Gasteiger partial charge in [0.2, 0.25) is 6.79 Å². The van der Waals surface area contributed by atoms with Gasteiger partial charge in [-0.3, -0.25) is 0 Å². The first kappa shape index (κ1) is 7.43. The van der Waals surface area contributed by atoms with Crippen LogP contribution in [0.25, 0.3) is 0 Å². The average molecular weight is 166 g/mol. The predicted octanol–water partition coefficient (Wildman–Crippen LogP) is 1.08. The molecule has 0 aromatic heterocycles. The van der Waals surface area contributed by atoms with Gasteiger partial charge in [0, 0.05) is 6.42 Å². The van der Waals surface area contributed by atoms with Gasteiger partial charge < -0.3 is 14.6 Å². The van der Waals surface area contributed by atoms with Gasteiger partial charge in [-0.25, -0.2) is 0 Å². The maximum absolute atomic E-state index is 8.90. The molecule has 0 bridgehead atoms. The topological polar surface area (TPSA) is 38.7 Å². The number of aliphatic hydroxyl groups is 1. The molecule has 0 saturated carbocycles. The highest BCUT2D eigenvalue weighted by Gasteiger charge is 2.16. The van der Waals surface area contributed by atoms with Gasteiger partial charge in [-0.2, -0.15) is 0 Å². The molecule has 0 unspecified atom stereocenters. The molecule has 0 radical (unpaired) electrons. The fraction of sp³-hybridized carbons (Fsp3) is 0.333. The molecule has 0 aromatic rings. The molecule has 0 aromatic carbocycles. The van der Waals surface area contributed by atoms with Gasteiger partial charge >= 0.3 is 0 Å². The molecule has 0 saturated heterocycles. The normalized spacial score (nSPS) is 20.9. The van der Waals surface area contributed by atoms with Gasteiger partial charge in [0.1, 0.15) is 5.76 Å². The molecule has 1 heterocycles. The zero-order valence-corrected chi connectivity index (χ0v) is 6.62. The van der Waals surface area contributed by atoms with Crippen molar-refractivity contribution in [2.45, 2.75) is 6.42 Å². The zero-order valence-electron chi connectivity index (χ0n) is 6.62. The third kappa shape index (κ3) is 1.23. The van der Waals surface area contributed by atoms with Crippen LogP contribution in [0.2, 0.25) is 0 Å². The fourth-order valence-corrected chi connectivity index (χ4v) is 1.23. The lowest BCUT2D eigenvalue weighted by molar-refractivity contribution is 0.0731. The summed E-state index contributed by atoms with van der Waals surface area (Å²) in [7, 11) is 0. The summed E-state index contributed by atoms with van der Waals surface area (Å²) in [5, 5.41) is 8.90. The first-order valence-electron chi connectivity index (χ1n) is 3.87. The van der Waals surface area contributed by atoms with Crippen molar-refractivity contribution in [3.63, 3.8) is 0 Å². The molecule has 1 aliphatic heterocycles. The van der Waals surface area contributed by atoms with Gasteiger partial charge in [-0.15, -0.1) is 0 Å². The number of hydrogen-bond acceptors (Lipinski definition) is 3. The van der Waals surface area contributed by atoms with E-state index < -0.39 is 0 Å². The minimum absolute atomic E-state index is 0.0383. The highest BCUT2D eigenvalue weighted by atomic mass is 16.7. The van der Waals surface area contributed by atoms with Gasteiger partial charge in [-0.05, 0) is 11.6 Å². The van der Waals surface area contributed by atoms with E-state index in [1.54, 1.807) is 0 Å². The van der Waals surface area contributed by atoms with Crippen LogP contribution >= 0.6 is 0 Å². The number of rotatable bonds is 1. The van der Waals surface area contributed by atoms with Gasteiger partial charge in [0.05, 0.1) is 6.61 Å². The molecule has 3 heteroatoms. The molecule has 0 amide bonds. The van der Waals surface area contributed by atoms with E-state index in [0.717, 1.165) is 23.5 Å². The van der Waals surface area contributed by atoms with Crippen LogP contribution in [0.15, 0.2) is 35.3 Å². The van der Waals surface area contributed by atoms with Crippen molar-refractivity contribution in [1.29, 1.82) is 0 Å². The molecular formula is C9H10O3. The summed E-state index contributed by atoms with van der Waals surface area (Å²) < 4.78 is 10.4. The molecule has 2 rings (SSSR count). The number of allylic oxidation sites excluding steroid dienone is 2. The molecule has 64 valence electrons. The van der Waals surface area contributed by atoms with E-state index in [1.165, 1.54) is 0 Å². The Morgan fingerprint density at radius 2 is 2.33 bits per heavy atom. The van der Waals surface area contributed by atoms with Crippen molar-refractivity contribution in [2.75, 3.05) is 13.4 Å². The van der Waals surface area contributed by atoms with Crippen LogP contribution in [0.1, 0.15) is 6.42 Å². The third-order valence-electron chi connectivity index (χ3n) is 1.86. The van der Waals surface area contributed by atoms with Crippen LogP contribution in [0.5, 0.6) is 0 Å². The average Bonchev–Trinajstić information content (AvgIpc) is 2.43. The SMILES string of the molecule is OCC1=CC2=C(CC=C1)OCO2. The Labute approximate surface area is 70.6 Å². The minimum atomic E-state index is 0.0383. The van der Waals surface area contributed by atoms with E-state index >= 15 is 0 Å². The second kappa shape index (κ2) is 3.03. The second-order valence-corrected chi connectivity index (χ2v) is 2.68. The van der Waals surface area contributed by atoms with E-state index in [2.05, 4.69) is 0 Å². The predicted molar refractivity (Wildman–Crippen MR) is 43.0 cm³/mol. The molecule has 12 heavy (non-hydrogen) atoms. The summed E-state index contributed by atoms with van der Waals surface area (Å²) in [6.07, 6.45) is 6.39. The monoisotopic (exact) mass is 166 g/mol. The molecule has 0 fully saturated rings. The van der Waals surface area contributed by atoms with E-state index in [4.69, 9.17) is 14.6 Å². The lowest BCUT2D eigenvalue weighted by Gasteiger charge is -1.96. The number of ether oxygens (including phenoxy) is 2. The summed E-state index contributed by atoms with van der Waals surface area (Å²) in [6.45, 7) is 0.338. The molecular weight excluding hydrogens is 156 g/mol. The van der Waals surface area contributed by atoms with Gasteiger partial charge in [0.15, 0.2) is 5.76 Å². The largest absolute Gasteiger partial charge is 0.458 e. The Bertz CT molecular complexity index is 273. The highest BCUT2D eigenvalue weighted by molar-refractivity contribution is 5.34. The lowest BCUT2D eigenvalue weighted by Crippen LogP contribution is -1.88.